The van der Waals surface area contributed by atoms with Gasteiger partial charge in [-0.1, -0.05) is 35.5 Å². The summed E-state index contributed by atoms with van der Waals surface area (Å²) in [4.78, 5) is 4.32. The molecule has 0 bridgehead atoms. The van der Waals surface area contributed by atoms with Crippen molar-refractivity contribution in [2.45, 2.75) is 36.1 Å². The average molecular weight is 327 g/mol. The molecule has 1 aliphatic rings. The van der Waals surface area contributed by atoms with Crippen LogP contribution in [0.3, 0.4) is 0 Å². The molecule has 0 N–H and O–H groups in total. The normalized spacial score (nSPS) is 19.6. The minimum absolute atomic E-state index is 0.00710. The Kier molecular flexibility index (Phi) is 4.48. The Morgan fingerprint density at radius 1 is 1.29 bits per heavy atom. The lowest BCUT2D eigenvalue weighted by molar-refractivity contribution is 0.117. The number of halogens is 2. The minimum Gasteiger partial charge on any atom is -0.377 e. The molecule has 1 aromatic heterocycles. The van der Waals surface area contributed by atoms with Crippen molar-refractivity contribution in [3.05, 3.63) is 47.6 Å². The number of benzene rings is 1. The number of alkyl halides is 2. The van der Waals surface area contributed by atoms with Gasteiger partial charge in [0.1, 0.15) is 4.33 Å². The highest BCUT2D eigenvalue weighted by molar-refractivity contribution is 6.51. The second-order valence-corrected chi connectivity index (χ2v) is 6.75. The molecule has 0 radical (unpaired) electrons. The van der Waals surface area contributed by atoms with E-state index in [1.54, 1.807) is 0 Å². The van der Waals surface area contributed by atoms with Crippen molar-refractivity contribution < 1.29 is 9.26 Å². The zero-order chi connectivity index (χ0) is 14.7. The number of aryl methyl sites for hydroxylation is 1. The van der Waals surface area contributed by atoms with Crippen LogP contribution in [0.4, 0.5) is 0 Å². The van der Waals surface area contributed by atoms with Gasteiger partial charge in [-0.15, -0.1) is 23.2 Å². The van der Waals surface area contributed by atoms with Crippen molar-refractivity contribution in [1.29, 1.82) is 0 Å². The van der Waals surface area contributed by atoms with Gasteiger partial charge in [0, 0.05) is 13.0 Å². The lowest BCUT2D eigenvalue weighted by Gasteiger charge is -2.02. The summed E-state index contributed by atoms with van der Waals surface area (Å²) in [5.41, 5.74) is 1.17. The van der Waals surface area contributed by atoms with Gasteiger partial charge < -0.3 is 9.26 Å². The highest BCUT2D eigenvalue weighted by Crippen LogP contribution is 2.58. The average Bonchev–Trinajstić information content (AvgIpc) is 2.91. The smallest absolute Gasteiger partial charge is 0.226 e. The lowest BCUT2D eigenvalue weighted by atomic mass is 10.2. The number of aromatic nitrogens is 2. The fraction of sp³-hybridized carbons (Fsp3) is 0.467. The minimum atomic E-state index is -0.708. The summed E-state index contributed by atoms with van der Waals surface area (Å²) < 4.78 is 10.1. The van der Waals surface area contributed by atoms with E-state index in [0.29, 0.717) is 37.8 Å². The van der Waals surface area contributed by atoms with Gasteiger partial charge in [0.15, 0.2) is 5.82 Å². The molecule has 3 rings (SSSR count). The van der Waals surface area contributed by atoms with Gasteiger partial charge in [0.25, 0.3) is 0 Å². The summed E-state index contributed by atoms with van der Waals surface area (Å²) in [6.45, 7) is 1.28. The number of hydrogen-bond donors (Lipinski definition) is 0. The molecule has 1 atom stereocenters. The molecule has 112 valence electrons. The Hall–Kier alpha value is -1.10. The van der Waals surface area contributed by atoms with E-state index in [4.69, 9.17) is 32.5 Å². The third-order valence-corrected chi connectivity index (χ3v) is 4.25. The standard InChI is InChI=1S/C15H16Cl2N2O2/c16-15(17)9-12(15)14-18-13(21-19-14)7-4-8-20-10-11-5-2-1-3-6-11/h1-3,5-6,12H,4,7-10H2. The maximum Gasteiger partial charge on any atom is 0.226 e. The molecule has 0 aliphatic heterocycles. The van der Waals surface area contributed by atoms with Crippen LogP contribution in [-0.4, -0.2) is 21.1 Å². The zero-order valence-electron chi connectivity index (χ0n) is 11.5. The first kappa shape index (κ1) is 14.8. The molecule has 0 amide bonds. The monoisotopic (exact) mass is 326 g/mol. The Labute approximate surface area is 133 Å². The predicted octanol–water partition coefficient (Wildman–Crippen LogP) is 3.88. The van der Waals surface area contributed by atoms with Crippen LogP contribution in [0.5, 0.6) is 0 Å². The highest BCUT2D eigenvalue weighted by atomic mass is 35.5. The van der Waals surface area contributed by atoms with Gasteiger partial charge in [-0.25, -0.2) is 0 Å². The highest BCUT2D eigenvalue weighted by Gasteiger charge is 2.55. The maximum absolute atomic E-state index is 5.98. The molecule has 1 heterocycles. The predicted molar refractivity (Wildman–Crippen MR) is 80.5 cm³/mol. The van der Waals surface area contributed by atoms with Gasteiger partial charge in [0.05, 0.1) is 12.5 Å². The Bertz CT molecular complexity index is 586. The number of hydrogen-bond acceptors (Lipinski definition) is 4. The van der Waals surface area contributed by atoms with Crippen molar-refractivity contribution in [3.63, 3.8) is 0 Å². The maximum atomic E-state index is 5.98. The summed E-state index contributed by atoms with van der Waals surface area (Å²) in [5, 5.41) is 3.92. The van der Waals surface area contributed by atoms with Crippen molar-refractivity contribution in [2.75, 3.05) is 6.61 Å². The fourth-order valence-corrected chi connectivity index (χ4v) is 2.60. The zero-order valence-corrected chi connectivity index (χ0v) is 13.0. The van der Waals surface area contributed by atoms with Crippen LogP contribution in [-0.2, 0) is 17.8 Å². The summed E-state index contributed by atoms with van der Waals surface area (Å²) in [5.74, 6) is 1.23. The van der Waals surface area contributed by atoms with Crippen LogP contribution in [0.1, 0.15) is 36.0 Å². The van der Waals surface area contributed by atoms with E-state index in [1.165, 1.54) is 5.56 Å². The van der Waals surface area contributed by atoms with Crippen LogP contribution in [0.25, 0.3) is 0 Å². The molecule has 1 aromatic carbocycles. The third-order valence-electron chi connectivity index (χ3n) is 3.41. The van der Waals surface area contributed by atoms with Gasteiger partial charge in [-0.2, -0.15) is 4.98 Å². The van der Waals surface area contributed by atoms with Crippen molar-refractivity contribution in [3.8, 4) is 0 Å². The Morgan fingerprint density at radius 2 is 2.05 bits per heavy atom. The largest absolute Gasteiger partial charge is 0.377 e. The van der Waals surface area contributed by atoms with Crippen molar-refractivity contribution in [2.24, 2.45) is 0 Å². The summed E-state index contributed by atoms with van der Waals surface area (Å²) in [6, 6.07) is 10.1. The van der Waals surface area contributed by atoms with Crippen LogP contribution in [0.15, 0.2) is 34.9 Å². The molecule has 4 nitrogen and oxygen atoms in total. The number of rotatable bonds is 7. The van der Waals surface area contributed by atoms with Gasteiger partial charge >= 0.3 is 0 Å². The first-order valence-corrected chi connectivity index (χ1v) is 7.73. The molecule has 1 fully saturated rings. The number of ether oxygens (including phenoxy) is 1. The second-order valence-electron chi connectivity index (χ2n) is 5.21. The van der Waals surface area contributed by atoms with E-state index in [2.05, 4.69) is 10.1 Å². The van der Waals surface area contributed by atoms with Crippen LogP contribution >= 0.6 is 23.2 Å². The second kappa shape index (κ2) is 6.34. The SMILES string of the molecule is ClC1(Cl)CC1c1noc(CCCOCc2ccccc2)n1. The molecule has 2 aromatic rings. The first-order valence-electron chi connectivity index (χ1n) is 6.97. The Balaban J connectivity index is 1.36. The first-order chi connectivity index (χ1) is 10.1. The molecular formula is C15H16Cl2N2O2. The molecule has 6 heteroatoms. The Morgan fingerprint density at radius 3 is 2.76 bits per heavy atom. The van der Waals surface area contributed by atoms with E-state index in [9.17, 15) is 0 Å². The molecule has 1 unspecified atom stereocenters. The van der Waals surface area contributed by atoms with Gasteiger partial charge in [-0.3, -0.25) is 0 Å². The molecular weight excluding hydrogens is 311 g/mol. The van der Waals surface area contributed by atoms with Crippen LogP contribution in [0, 0.1) is 0 Å². The molecule has 1 saturated carbocycles. The van der Waals surface area contributed by atoms with E-state index in [-0.39, 0.29) is 5.92 Å². The molecule has 1 aliphatic carbocycles. The summed E-state index contributed by atoms with van der Waals surface area (Å²) >= 11 is 12.0. The van der Waals surface area contributed by atoms with Crippen molar-refractivity contribution >= 4 is 23.2 Å². The topological polar surface area (TPSA) is 48.2 Å². The van der Waals surface area contributed by atoms with E-state index in [1.807, 2.05) is 30.3 Å². The molecule has 0 saturated heterocycles. The quantitative estimate of drug-likeness (QED) is 0.572. The van der Waals surface area contributed by atoms with Gasteiger partial charge in [-0.05, 0) is 18.4 Å². The van der Waals surface area contributed by atoms with E-state index < -0.39 is 4.33 Å². The fourth-order valence-electron chi connectivity index (χ4n) is 2.09. The molecule has 0 spiro atoms. The summed E-state index contributed by atoms with van der Waals surface area (Å²) in [7, 11) is 0. The molecule has 21 heavy (non-hydrogen) atoms. The lowest BCUT2D eigenvalue weighted by Crippen LogP contribution is -1.98. The van der Waals surface area contributed by atoms with E-state index >= 15 is 0 Å². The third kappa shape index (κ3) is 3.96. The van der Waals surface area contributed by atoms with Crippen molar-refractivity contribution in [1.82, 2.24) is 10.1 Å². The van der Waals surface area contributed by atoms with Gasteiger partial charge in [0.2, 0.25) is 5.89 Å². The van der Waals surface area contributed by atoms with E-state index in [0.717, 1.165) is 6.42 Å². The summed E-state index contributed by atoms with van der Waals surface area (Å²) in [6.07, 6.45) is 2.23. The van der Waals surface area contributed by atoms with Crippen LogP contribution < -0.4 is 0 Å². The number of nitrogens with zero attached hydrogens (tertiary/aromatic N) is 2. The van der Waals surface area contributed by atoms with Crippen LogP contribution in [0.2, 0.25) is 0 Å².